The molecule has 0 saturated carbocycles. The first-order chi connectivity index (χ1) is 9.54. The van der Waals surface area contributed by atoms with Gasteiger partial charge in [0.25, 0.3) is 0 Å². The van der Waals surface area contributed by atoms with Crippen LogP contribution in [0.5, 0.6) is 0 Å². The Balaban J connectivity index is 2.37. The third-order valence-electron chi connectivity index (χ3n) is 3.84. The topological polar surface area (TPSA) is 29.3 Å². The van der Waals surface area contributed by atoms with E-state index in [1.807, 2.05) is 4.90 Å². The molecule has 5 heteroatoms. The number of hydrogen-bond donors (Lipinski definition) is 1. The fraction of sp³-hybridized carbons (Fsp3) is 0.533. The Morgan fingerprint density at radius 2 is 2.00 bits per heavy atom. The molecule has 0 bridgehead atoms. The van der Waals surface area contributed by atoms with E-state index < -0.39 is 11.6 Å². The average molecular weight is 298 g/mol. The van der Waals surface area contributed by atoms with Crippen LogP contribution in [-0.2, 0) is 0 Å². The molecule has 2 rings (SSSR count). The Hall–Kier alpha value is -1.23. The fourth-order valence-corrected chi connectivity index (χ4v) is 3.03. The number of halogens is 2. The maximum atomic E-state index is 14.3. The van der Waals surface area contributed by atoms with Crippen LogP contribution >= 0.6 is 12.2 Å². The number of anilines is 1. The van der Waals surface area contributed by atoms with Crippen molar-refractivity contribution in [1.29, 1.82) is 0 Å². The van der Waals surface area contributed by atoms with Crippen molar-refractivity contribution in [2.45, 2.75) is 45.1 Å². The van der Waals surface area contributed by atoms with Gasteiger partial charge in [-0.3, -0.25) is 0 Å². The molecule has 1 aromatic rings. The lowest BCUT2D eigenvalue weighted by Gasteiger charge is -2.38. The molecule has 2 N–H and O–H groups in total. The first-order valence-electron chi connectivity index (χ1n) is 7.10. The van der Waals surface area contributed by atoms with Crippen LogP contribution < -0.4 is 10.6 Å². The van der Waals surface area contributed by atoms with E-state index in [0.29, 0.717) is 6.54 Å². The number of benzene rings is 1. The summed E-state index contributed by atoms with van der Waals surface area (Å²) < 4.78 is 28.5. The number of nitrogens with two attached hydrogens (primary N) is 1. The van der Waals surface area contributed by atoms with Crippen LogP contribution in [0.15, 0.2) is 12.1 Å². The monoisotopic (exact) mass is 298 g/mol. The SMILES string of the molecule is CCCC1CCCCN1c1c(F)cc(C(N)=S)cc1F. The van der Waals surface area contributed by atoms with Crippen LogP contribution in [0.4, 0.5) is 14.5 Å². The van der Waals surface area contributed by atoms with Gasteiger partial charge in [0, 0.05) is 18.2 Å². The molecule has 1 atom stereocenters. The summed E-state index contributed by atoms with van der Waals surface area (Å²) in [6.45, 7) is 2.79. The van der Waals surface area contributed by atoms with Crippen LogP contribution in [0.2, 0.25) is 0 Å². The Morgan fingerprint density at radius 1 is 1.35 bits per heavy atom. The second kappa shape index (κ2) is 6.48. The second-order valence-electron chi connectivity index (χ2n) is 5.28. The van der Waals surface area contributed by atoms with E-state index in [-0.39, 0.29) is 22.3 Å². The lowest BCUT2D eigenvalue weighted by atomic mass is 9.97. The van der Waals surface area contributed by atoms with Gasteiger partial charge in [-0.2, -0.15) is 0 Å². The molecule has 0 aromatic heterocycles. The molecule has 1 aromatic carbocycles. The molecule has 20 heavy (non-hydrogen) atoms. The minimum atomic E-state index is -0.573. The smallest absolute Gasteiger partial charge is 0.150 e. The van der Waals surface area contributed by atoms with Crippen LogP contribution in [0.25, 0.3) is 0 Å². The molecule has 0 amide bonds. The van der Waals surface area contributed by atoms with Crippen molar-refractivity contribution in [2.75, 3.05) is 11.4 Å². The van der Waals surface area contributed by atoms with E-state index in [1.165, 1.54) is 12.1 Å². The standard InChI is InChI=1S/C15H20F2N2S/c1-2-5-11-6-3-4-7-19(11)14-12(16)8-10(15(18)20)9-13(14)17/h8-9,11H,2-7H2,1H3,(H2,18,20). The molecule has 1 unspecified atom stereocenters. The highest BCUT2D eigenvalue weighted by molar-refractivity contribution is 7.80. The molecular weight excluding hydrogens is 278 g/mol. The summed E-state index contributed by atoms with van der Waals surface area (Å²) in [5.41, 5.74) is 5.75. The summed E-state index contributed by atoms with van der Waals surface area (Å²) in [7, 11) is 0. The molecule has 1 aliphatic rings. The molecule has 0 aliphatic carbocycles. The quantitative estimate of drug-likeness (QED) is 0.858. The summed E-state index contributed by atoms with van der Waals surface area (Å²) >= 11 is 4.78. The van der Waals surface area contributed by atoms with Gasteiger partial charge in [0.1, 0.15) is 22.3 Å². The van der Waals surface area contributed by atoms with Gasteiger partial charge in [0.2, 0.25) is 0 Å². The van der Waals surface area contributed by atoms with Crippen molar-refractivity contribution in [2.24, 2.45) is 5.73 Å². The first-order valence-corrected chi connectivity index (χ1v) is 7.51. The van der Waals surface area contributed by atoms with E-state index in [4.69, 9.17) is 18.0 Å². The van der Waals surface area contributed by atoms with E-state index in [9.17, 15) is 8.78 Å². The van der Waals surface area contributed by atoms with Crippen molar-refractivity contribution in [1.82, 2.24) is 0 Å². The number of rotatable bonds is 4. The molecule has 1 saturated heterocycles. The van der Waals surface area contributed by atoms with Crippen molar-refractivity contribution < 1.29 is 8.78 Å². The Bertz CT molecular complexity index is 480. The van der Waals surface area contributed by atoms with Crippen LogP contribution in [0.3, 0.4) is 0 Å². The first kappa shape index (κ1) is 15.2. The van der Waals surface area contributed by atoms with Gasteiger partial charge < -0.3 is 10.6 Å². The molecule has 0 spiro atoms. The lowest BCUT2D eigenvalue weighted by molar-refractivity contribution is 0.421. The lowest BCUT2D eigenvalue weighted by Crippen LogP contribution is -2.40. The van der Waals surface area contributed by atoms with Gasteiger partial charge in [-0.25, -0.2) is 8.78 Å². The third-order valence-corrected chi connectivity index (χ3v) is 4.07. The predicted molar refractivity (Wildman–Crippen MR) is 82.1 cm³/mol. The minimum Gasteiger partial charge on any atom is -0.389 e. The van der Waals surface area contributed by atoms with Gasteiger partial charge in [-0.1, -0.05) is 25.6 Å². The van der Waals surface area contributed by atoms with Gasteiger partial charge in [0.15, 0.2) is 0 Å². The molecule has 0 radical (unpaired) electrons. The minimum absolute atomic E-state index is 0.0121. The van der Waals surface area contributed by atoms with Crippen LogP contribution in [-0.4, -0.2) is 17.6 Å². The normalized spacial score (nSPS) is 19.1. The third kappa shape index (κ3) is 3.08. The van der Waals surface area contributed by atoms with Gasteiger partial charge in [-0.05, 0) is 37.8 Å². The summed E-state index contributed by atoms with van der Waals surface area (Å²) in [5, 5.41) is 0. The maximum Gasteiger partial charge on any atom is 0.150 e. The molecule has 1 fully saturated rings. The Kier molecular flexibility index (Phi) is 4.91. The Labute approximate surface area is 123 Å². The zero-order valence-corrected chi connectivity index (χ0v) is 12.5. The van der Waals surface area contributed by atoms with Gasteiger partial charge in [0.05, 0.1) is 0 Å². The number of hydrogen-bond acceptors (Lipinski definition) is 2. The second-order valence-corrected chi connectivity index (χ2v) is 5.72. The molecule has 110 valence electrons. The van der Waals surface area contributed by atoms with Crippen molar-refractivity contribution in [3.05, 3.63) is 29.3 Å². The van der Waals surface area contributed by atoms with Crippen molar-refractivity contribution in [3.63, 3.8) is 0 Å². The zero-order valence-electron chi connectivity index (χ0n) is 11.7. The van der Waals surface area contributed by atoms with Crippen LogP contribution in [0, 0.1) is 11.6 Å². The summed E-state index contributed by atoms with van der Waals surface area (Å²) in [6, 6.07) is 2.69. The van der Waals surface area contributed by atoms with E-state index in [2.05, 4.69) is 6.92 Å². The van der Waals surface area contributed by atoms with Crippen molar-refractivity contribution >= 4 is 22.9 Å². The zero-order chi connectivity index (χ0) is 14.7. The number of thiocarbonyl (C=S) groups is 1. The molecule has 1 heterocycles. The van der Waals surface area contributed by atoms with E-state index in [0.717, 1.165) is 32.1 Å². The predicted octanol–water partition coefficient (Wildman–Crippen LogP) is 3.76. The number of nitrogens with zero attached hydrogens (tertiary/aromatic N) is 1. The highest BCUT2D eigenvalue weighted by atomic mass is 32.1. The van der Waals surface area contributed by atoms with Gasteiger partial charge in [-0.15, -0.1) is 0 Å². The molecule has 1 aliphatic heterocycles. The average Bonchev–Trinajstić information content (AvgIpc) is 2.40. The summed E-state index contributed by atoms with van der Waals surface area (Å²) in [6.07, 6.45) is 5.04. The molecule has 2 nitrogen and oxygen atoms in total. The largest absolute Gasteiger partial charge is 0.389 e. The summed E-state index contributed by atoms with van der Waals surface area (Å²) in [4.78, 5) is 1.89. The highest BCUT2D eigenvalue weighted by Crippen LogP contribution is 2.32. The number of piperidine rings is 1. The maximum absolute atomic E-state index is 14.3. The Morgan fingerprint density at radius 3 is 2.55 bits per heavy atom. The van der Waals surface area contributed by atoms with E-state index in [1.54, 1.807) is 0 Å². The van der Waals surface area contributed by atoms with E-state index >= 15 is 0 Å². The summed E-state index contributed by atoms with van der Waals surface area (Å²) in [5.74, 6) is -1.15. The fourth-order valence-electron chi connectivity index (χ4n) is 2.91. The molecular formula is C15H20F2N2S. The van der Waals surface area contributed by atoms with Gasteiger partial charge >= 0.3 is 0 Å². The highest BCUT2D eigenvalue weighted by Gasteiger charge is 2.27. The van der Waals surface area contributed by atoms with Crippen LogP contribution in [0.1, 0.15) is 44.6 Å². The van der Waals surface area contributed by atoms with Crippen molar-refractivity contribution in [3.8, 4) is 0 Å².